The molecular weight excluding hydrogens is 324 g/mol. The van der Waals surface area contributed by atoms with Crippen molar-refractivity contribution in [1.29, 1.82) is 0 Å². The number of non-ortho nitro benzene ring substituents is 1. The molecule has 1 N–H and O–H groups in total. The van der Waals surface area contributed by atoms with E-state index >= 15 is 0 Å². The van der Waals surface area contributed by atoms with Crippen molar-refractivity contribution in [1.82, 2.24) is 0 Å². The molecule has 0 aliphatic rings. The first-order valence-electron chi connectivity index (χ1n) is 7.28. The number of fused-ring (bicyclic) bond motifs is 1. The molecule has 0 aromatic heterocycles. The molecule has 5 nitrogen and oxygen atoms in total. The number of benzene rings is 3. The van der Waals surface area contributed by atoms with Crippen molar-refractivity contribution >= 4 is 39.8 Å². The third-order valence-electron chi connectivity index (χ3n) is 3.45. The van der Waals surface area contributed by atoms with Crippen LogP contribution in [0.2, 0.25) is 0 Å². The normalized spacial score (nSPS) is 10.5. The van der Waals surface area contributed by atoms with E-state index in [1.165, 1.54) is 23.9 Å². The number of nitro groups is 1. The third kappa shape index (κ3) is 3.91. The first-order valence-corrected chi connectivity index (χ1v) is 8.26. The molecule has 1 amide bonds. The van der Waals surface area contributed by atoms with Crippen LogP contribution in [-0.4, -0.2) is 16.6 Å². The Labute approximate surface area is 142 Å². The maximum absolute atomic E-state index is 12.1. The Morgan fingerprint density at radius 2 is 1.71 bits per heavy atom. The Morgan fingerprint density at radius 3 is 2.42 bits per heavy atom. The second kappa shape index (κ2) is 7.14. The zero-order valence-electron chi connectivity index (χ0n) is 12.6. The number of nitro benzene ring substituents is 1. The molecule has 0 saturated heterocycles. The second-order valence-corrected chi connectivity index (χ2v) is 6.20. The van der Waals surface area contributed by atoms with Gasteiger partial charge in [-0.3, -0.25) is 14.9 Å². The minimum atomic E-state index is -0.444. The molecule has 3 rings (SSSR count). The van der Waals surface area contributed by atoms with Crippen LogP contribution >= 0.6 is 11.8 Å². The van der Waals surface area contributed by atoms with Crippen LogP contribution in [0.15, 0.2) is 71.6 Å². The fourth-order valence-corrected chi connectivity index (χ4v) is 2.98. The van der Waals surface area contributed by atoms with E-state index in [1.807, 2.05) is 42.5 Å². The van der Waals surface area contributed by atoms with Gasteiger partial charge in [0.2, 0.25) is 5.91 Å². The second-order valence-electron chi connectivity index (χ2n) is 5.15. The standard InChI is InChI=1S/C18H14N2O3S/c21-18(12-24-17-9-7-16(8-10-17)20(22)23)19-15-6-5-13-3-1-2-4-14(13)11-15/h1-11H,12H2,(H,19,21). The predicted octanol–water partition coefficient (Wildman–Crippen LogP) is 4.48. The summed E-state index contributed by atoms with van der Waals surface area (Å²) >= 11 is 1.34. The number of anilines is 1. The van der Waals surface area contributed by atoms with Gasteiger partial charge in [0, 0.05) is 22.7 Å². The zero-order valence-corrected chi connectivity index (χ0v) is 13.5. The van der Waals surface area contributed by atoms with Gasteiger partial charge in [-0.15, -0.1) is 11.8 Å². The largest absolute Gasteiger partial charge is 0.325 e. The SMILES string of the molecule is O=C(CSc1ccc([N+](=O)[O-])cc1)Nc1ccc2ccccc2c1. The summed E-state index contributed by atoms with van der Waals surface area (Å²) in [6.07, 6.45) is 0. The fourth-order valence-electron chi connectivity index (χ4n) is 2.28. The molecule has 6 heteroatoms. The Bertz CT molecular complexity index is 894. The molecular formula is C18H14N2O3S. The molecule has 0 bridgehead atoms. The molecule has 0 spiro atoms. The Balaban J connectivity index is 1.59. The highest BCUT2D eigenvalue weighted by Gasteiger charge is 2.07. The average Bonchev–Trinajstić information content (AvgIpc) is 2.60. The first kappa shape index (κ1) is 16.0. The Kier molecular flexibility index (Phi) is 4.77. The van der Waals surface area contributed by atoms with Gasteiger partial charge in [0.05, 0.1) is 10.7 Å². The van der Waals surface area contributed by atoms with Gasteiger partial charge in [0.15, 0.2) is 0 Å². The summed E-state index contributed by atoms with van der Waals surface area (Å²) in [6, 6.07) is 19.9. The molecule has 0 aliphatic heterocycles. The van der Waals surface area contributed by atoms with Crippen molar-refractivity contribution in [3.8, 4) is 0 Å². The molecule has 0 unspecified atom stereocenters. The van der Waals surface area contributed by atoms with E-state index in [4.69, 9.17) is 0 Å². The molecule has 0 fully saturated rings. The van der Waals surface area contributed by atoms with Crippen LogP contribution in [0.3, 0.4) is 0 Å². The number of nitrogens with zero attached hydrogens (tertiary/aromatic N) is 1. The van der Waals surface area contributed by atoms with Crippen molar-refractivity contribution in [3.05, 3.63) is 76.8 Å². The number of rotatable bonds is 5. The number of amides is 1. The minimum Gasteiger partial charge on any atom is -0.325 e. The summed E-state index contributed by atoms with van der Waals surface area (Å²) in [5.74, 6) is 0.124. The van der Waals surface area contributed by atoms with Crippen molar-refractivity contribution in [3.63, 3.8) is 0 Å². The van der Waals surface area contributed by atoms with Gasteiger partial charge in [-0.1, -0.05) is 30.3 Å². The molecule has 0 radical (unpaired) electrons. The summed E-state index contributed by atoms with van der Waals surface area (Å²) in [4.78, 5) is 23.0. The zero-order chi connectivity index (χ0) is 16.9. The van der Waals surface area contributed by atoms with E-state index < -0.39 is 4.92 Å². The molecule has 0 saturated carbocycles. The predicted molar refractivity (Wildman–Crippen MR) is 96.4 cm³/mol. The van der Waals surface area contributed by atoms with Gasteiger partial charge in [-0.05, 0) is 35.0 Å². The van der Waals surface area contributed by atoms with Crippen molar-refractivity contribution < 1.29 is 9.72 Å². The van der Waals surface area contributed by atoms with E-state index in [9.17, 15) is 14.9 Å². The minimum absolute atomic E-state index is 0.0416. The summed E-state index contributed by atoms with van der Waals surface area (Å²) in [5.41, 5.74) is 0.794. The Hall–Kier alpha value is -2.86. The van der Waals surface area contributed by atoms with Crippen molar-refractivity contribution in [2.24, 2.45) is 0 Å². The maximum Gasteiger partial charge on any atom is 0.269 e. The number of thioether (sulfide) groups is 1. The highest BCUT2D eigenvalue weighted by molar-refractivity contribution is 8.00. The third-order valence-corrected chi connectivity index (χ3v) is 4.46. The highest BCUT2D eigenvalue weighted by atomic mass is 32.2. The quantitative estimate of drug-likeness (QED) is 0.423. The lowest BCUT2D eigenvalue weighted by molar-refractivity contribution is -0.384. The van der Waals surface area contributed by atoms with Crippen LogP contribution in [0, 0.1) is 10.1 Å². The van der Waals surface area contributed by atoms with Gasteiger partial charge < -0.3 is 5.32 Å². The first-order chi connectivity index (χ1) is 11.6. The lowest BCUT2D eigenvalue weighted by Crippen LogP contribution is -2.13. The van der Waals surface area contributed by atoms with Gasteiger partial charge in [0.1, 0.15) is 0 Å². The van der Waals surface area contributed by atoms with E-state index in [1.54, 1.807) is 12.1 Å². The summed E-state index contributed by atoms with van der Waals surface area (Å²) in [6.45, 7) is 0. The highest BCUT2D eigenvalue weighted by Crippen LogP contribution is 2.22. The van der Waals surface area contributed by atoms with Gasteiger partial charge in [-0.25, -0.2) is 0 Å². The van der Waals surface area contributed by atoms with Crippen LogP contribution in [0.1, 0.15) is 0 Å². The topological polar surface area (TPSA) is 72.2 Å². The van der Waals surface area contributed by atoms with E-state index in [0.717, 1.165) is 21.4 Å². The fraction of sp³-hybridized carbons (Fsp3) is 0.0556. The summed E-state index contributed by atoms with van der Waals surface area (Å²) < 4.78 is 0. The number of carbonyl (C=O) groups is 1. The lowest BCUT2D eigenvalue weighted by Gasteiger charge is -2.06. The van der Waals surface area contributed by atoms with Crippen LogP contribution < -0.4 is 5.32 Å². The van der Waals surface area contributed by atoms with Gasteiger partial charge in [-0.2, -0.15) is 0 Å². The number of hydrogen-bond acceptors (Lipinski definition) is 4. The van der Waals surface area contributed by atoms with E-state index in [0.29, 0.717) is 0 Å². The summed E-state index contributed by atoms with van der Waals surface area (Å²) in [7, 11) is 0. The van der Waals surface area contributed by atoms with Gasteiger partial charge in [0.25, 0.3) is 5.69 Å². The van der Waals surface area contributed by atoms with E-state index in [2.05, 4.69) is 5.32 Å². The van der Waals surface area contributed by atoms with Crippen LogP contribution in [0.4, 0.5) is 11.4 Å². The lowest BCUT2D eigenvalue weighted by atomic mass is 10.1. The molecule has 0 atom stereocenters. The van der Waals surface area contributed by atoms with E-state index in [-0.39, 0.29) is 17.3 Å². The van der Waals surface area contributed by atoms with Crippen LogP contribution in [0.5, 0.6) is 0 Å². The molecule has 3 aromatic carbocycles. The maximum atomic E-state index is 12.1. The number of carbonyl (C=O) groups excluding carboxylic acids is 1. The molecule has 0 aliphatic carbocycles. The number of nitrogens with one attached hydrogen (secondary N) is 1. The number of hydrogen-bond donors (Lipinski definition) is 1. The molecule has 120 valence electrons. The van der Waals surface area contributed by atoms with Crippen molar-refractivity contribution in [2.75, 3.05) is 11.1 Å². The van der Waals surface area contributed by atoms with Crippen LogP contribution in [-0.2, 0) is 4.79 Å². The van der Waals surface area contributed by atoms with Gasteiger partial charge >= 0.3 is 0 Å². The molecule has 0 heterocycles. The van der Waals surface area contributed by atoms with Crippen LogP contribution in [0.25, 0.3) is 10.8 Å². The molecule has 3 aromatic rings. The smallest absolute Gasteiger partial charge is 0.269 e. The average molecular weight is 338 g/mol. The monoisotopic (exact) mass is 338 g/mol. The Morgan fingerprint density at radius 1 is 1.00 bits per heavy atom. The van der Waals surface area contributed by atoms with Crippen molar-refractivity contribution in [2.45, 2.75) is 4.90 Å². The molecule has 24 heavy (non-hydrogen) atoms. The summed E-state index contributed by atoms with van der Waals surface area (Å²) in [5, 5.41) is 15.7.